The number of anilines is 2. The second-order valence-corrected chi connectivity index (χ2v) is 7.57. The van der Waals surface area contributed by atoms with E-state index in [1.165, 1.54) is 19.2 Å². The fourth-order valence-electron chi connectivity index (χ4n) is 2.23. The van der Waals surface area contributed by atoms with Gasteiger partial charge in [0, 0.05) is 5.02 Å². The van der Waals surface area contributed by atoms with Crippen LogP contribution in [0.25, 0.3) is 0 Å². The number of benzene rings is 2. The van der Waals surface area contributed by atoms with Crippen molar-refractivity contribution in [2.24, 2.45) is 5.73 Å². The van der Waals surface area contributed by atoms with Gasteiger partial charge in [0.1, 0.15) is 5.75 Å². The van der Waals surface area contributed by atoms with Gasteiger partial charge in [-0.3, -0.25) is 4.90 Å². The van der Waals surface area contributed by atoms with Gasteiger partial charge >= 0.3 is 11.8 Å². The van der Waals surface area contributed by atoms with Gasteiger partial charge in [0.15, 0.2) is 0 Å². The van der Waals surface area contributed by atoms with Gasteiger partial charge in [0.05, 0.1) is 23.4 Å². The first-order valence-electron chi connectivity index (χ1n) is 7.15. The molecule has 0 aliphatic carbocycles. The van der Waals surface area contributed by atoms with Crippen LogP contribution >= 0.6 is 11.6 Å². The second kappa shape index (κ2) is 7.46. The van der Waals surface area contributed by atoms with Crippen molar-refractivity contribution in [2.45, 2.75) is 17.6 Å². The number of hydrogen-bond donors (Lipinski definition) is 1. The number of methoxy groups -OCH3 is 1. The molecule has 0 atom stereocenters. The van der Waals surface area contributed by atoms with Crippen molar-refractivity contribution in [1.29, 1.82) is 0 Å². The monoisotopic (exact) mass is 404 g/mol. The molecule has 2 rings (SSSR count). The van der Waals surface area contributed by atoms with Crippen LogP contribution < -0.4 is 15.4 Å². The van der Waals surface area contributed by atoms with Gasteiger partial charge < -0.3 is 10.5 Å². The van der Waals surface area contributed by atoms with E-state index in [-0.39, 0.29) is 17.1 Å². The van der Waals surface area contributed by atoms with Crippen LogP contribution in [0.4, 0.5) is 25.0 Å². The van der Waals surface area contributed by atoms with Crippen LogP contribution in [0.2, 0.25) is 5.02 Å². The highest BCUT2D eigenvalue weighted by Gasteiger charge is 2.29. The maximum Gasteiger partial charge on any atom is 0.341 e. The van der Waals surface area contributed by atoms with Gasteiger partial charge in [-0.15, -0.1) is 0 Å². The minimum absolute atomic E-state index is 0.0636. The van der Waals surface area contributed by atoms with Gasteiger partial charge in [-0.05, 0) is 42.8 Å². The lowest BCUT2D eigenvalue weighted by Gasteiger charge is -2.24. The first-order valence-corrected chi connectivity index (χ1v) is 9.07. The number of ether oxygens (including phenoxy) is 1. The second-order valence-electron chi connectivity index (χ2n) is 5.25. The number of urea groups is 1. The molecule has 0 aromatic heterocycles. The number of carbonyl (C=O) groups excluding carboxylic acids is 1. The fourth-order valence-corrected chi connectivity index (χ4v) is 3.14. The summed E-state index contributed by atoms with van der Waals surface area (Å²) in [5, 5.41) is 0.337. The molecule has 2 aromatic rings. The van der Waals surface area contributed by atoms with Crippen LogP contribution in [0.15, 0.2) is 41.3 Å². The lowest BCUT2D eigenvalue weighted by molar-refractivity contribution is 0.234. The van der Waals surface area contributed by atoms with E-state index in [1.54, 1.807) is 13.0 Å². The molecule has 0 unspecified atom stereocenters. The predicted molar refractivity (Wildman–Crippen MR) is 94.1 cm³/mol. The van der Waals surface area contributed by atoms with Gasteiger partial charge in [-0.2, -0.15) is 8.78 Å². The third-order valence-electron chi connectivity index (χ3n) is 3.59. The summed E-state index contributed by atoms with van der Waals surface area (Å²) in [7, 11) is -3.60. The summed E-state index contributed by atoms with van der Waals surface area (Å²) in [6, 6.07) is 6.64. The smallest absolute Gasteiger partial charge is 0.341 e. The summed E-state index contributed by atoms with van der Waals surface area (Å²) in [6.45, 7) is 1.75. The van der Waals surface area contributed by atoms with E-state index in [2.05, 4.69) is 0 Å². The Labute approximate surface area is 154 Å². The lowest BCUT2D eigenvalue weighted by atomic mass is 10.2. The highest BCUT2D eigenvalue weighted by molar-refractivity contribution is 7.91. The van der Waals surface area contributed by atoms with Crippen molar-refractivity contribution in [3.63, 3.8) is 0 Å². The summed E-state index contributed by atoms with van der Waals surface area (Å²) in [6.07, 6.45) is 0. The Bertz CT molecular complexity index is 951. The number of nitrogens with two attached hydrogens (primary N) is 1. The molecule has 0 radical (unpaired) electrons. The molecular weight excluding hydrogens is 390 g/mol. The molecule has 140 valence electrons. The summed E-state index contributed by atoms with van der Waals surface area (Å²) < 4.78 is 54.3. The molecular formula is C16H15ClF2N2O4S. The summed E-state index contributed by atoms with van der Waals surface area (Å²) in [5.74, 6) is -3.55. The molecule has 26 heavy (non-hydrogen) atoms. The normalized spacial score (nSPS) is 11.5. The average molecular weight is 405 g/mol. The molecule has 2 aromatic carbocycles. The third-order valence-corrected chi connectivity index (χ3v) is 5.38. The van der Waals surface area contributed by atoms with Crippen molar-refractivity contribution in [3.8, 4) is 5.75 Å². The first kappa shape index (κ1) is 19.9. The molecule has 0 fully saturated rings. The number of aryl methyl sites for hydroxylation is 1. The maximum absolute atomic E-state index is 12.9. The van der Waals surface area contributed by atoms with Crippen molar-refractivity contribution >= 4 is 38.8 Å². The topological polar surface area (TPSA) is 89.7 Å². The molecule has 0 aliphatic rings. The number of alkyl halides is 2. The van der Waals surface area contributed by atoms with E-state index >= 15 is 0 Å². The summed E-state index contributed by atoms with van der Waals surface area (Å²) >= 11 is 6.06. The lowest BCUT2D eigenvalue weighted by Crippen LogP contribution is -2.32. The number of halogens is 3. The first-order chi connectivity index (χ1) is 12.1. The Morgan fingerprint density at radius 3 is 2.38 bits per heavy atom. The molecule has 2 N–H and O–H groups in total. The third kappa shape index (κ3) is 3.73. The van der Waals surface area contributed by atoms with Crippen LogP contribution in [0, 0.1) is 6.92 Å². The largest absolute Gasteiger partial charge is 0.495 e. The molecule has 6 nitrogen and oxygen atoms in total. The summed E-state index contributed by atoms with van der Waals surface area (Å²) in [5.41, 5.74) is 6.27. The maximum atomic E-state index is 12.9. The zero-order valence-corrected chi connectivity index (χ0v) is 15.3. The number of hydrogen-bond acceptors (Lipinski definition) is 4. The Hall–Kier alpha value is -2.39. The molecule has 2 amide bonds. The molecule has 0 bridgehead atoms. The number of nitrogens with zero attached hydrogens (tertiary/aromatic N) is 1. The van der Waals surface area contributed by atoms with Crippen molar-refractivity contribution < 1.29 is 26.7 Å². The van der Waals surface area contributed by atoms with Gasteiger partial charge in [0.25, 0.3) is 0 Å². The van der Waals surface area contributed by atoms with E-state index in [9.17, 15) is 22.0 Å². The van der Waals surface area contributed by atoms with Crippen LogP contribution in [0.5, 0.6) is 5.75 Å². The van der Waals surface area contributed by atoms with Crippen LogP contribution in [-0.4, -0.2) is 27.3 Å². The molecule has 0 aliphatic heterocycles. The van der Waals surface area contributed by atoms with Gasteiger partial charge in [-0.25, -0.2) is 13.2 Å². The van der Waals surface area contributed by atoms with E-state index in [0.29, 0.717) is 5.02 Å². The Morgan fingerprint density at radius 1 is 1.23 bits per heavy atom. The van der Waals surface area contributed by atoms with Crippen molar-refractivity contribution in [2.75, 3.05) is 12.0 Å². The molecule has 0 saturated carbocycles. The number of carbonyl (C=O) groups is 1. The number of rotatable bonds is 5. The molecule has 0 saturated heterocycles. The van der Waals surface area contributed by atoms with Gasteiger partial charge in [0.2, 0.25) is 9.84 Å². The molecule has 0 spiro atoms. The number of amides is 2. The SMILES string of the molecule is COc1ccc(S(=O)(=O)C(F)F)cc1N(C(N)=O)c1ccc(C)c(Cl)c1. The van der Waals surface area contributed by atoms with Crippen LogP contribution in [-0.2, 0) is 9.84 Å². The highest BCUT2D eigenvalue weighted by atomic mass is 35.5. The van der Waals surface area contributed by atoms with E-state index in [4.69, 9.17) is 22.1 Å². The van der Waals surface area contributed by atoms with Gasteiger partial charge in [-0.1, -0.05) is 17.7 Å². The average Bonchev–Trinajstić information content (AvgIpc) is 2.57. The quantitative estimate of drug-likeness (QED) is 0.819. The fraction of sp³-hybridized carbons (Fsp3) is 0.188. The molecule has 10 heteroatoms. The molecule has 0 heterocycles. The number of sulfone groups is 1. The Balaban J connectivity index is 2.71. The predicted octanol–water partition coefficient (Wildman–Crippen LogP) is 3.87. The van der Waals surface area contributed by atoms with Crippen LogP contribution in [0.1, 0.15) is 5.56 Å². The summed E-state index contributed by atoms with van der Waals surface area (Å²) in [4.78, 5) is 12.3. The minimum Gasteiger partial charge on any atom is -0.495 e. The van der Waals surface area contributed by atoms with Crippen molar-refractivity contribution in [3.05, 3.63) is 47.0 Å². The van der Waals surface area contributed by atoms with E-state index in [1.807, 2.05) is 0 Å². The van der Waals surface area contributed by atoms with E-state index < -0.39 is 26.5 Å². The highest BCUT2D eigenvalue weighted by Crippen LogP contribution is 2.37. The zero-order chi connectivity index (χ0) is 19.6. The van der Waals surface area contributed by atoms with Crippen LogP contribution in [0.3, 0.4) is 0 Å². The number of primary amides is 1. The zero-order valence-electron chi connectivity index (χ0n) is 13.7. The van der Waals surface area contributed by atoms with Crippen molar-refractivity contribution in [1.82, 2.24) is 0 Å². The van der Waals surface area contributed by atoms with E-state index in [0.717, 1.165) is 28.7 Å². The standard InChI is InChI=1S/C16H15ClF2N2O4S/c1-9-3-4-10(7-12(9)17)21(16(20)22)13-8-11(5-6-14(13)25-2)26(23,24)15(18)19/h3-8,15H,1-2H3,(H2,20,22). The Kier molecular flexibility index (Phi) is 5.72. The Morgan fingerprint density at radius 2 is 1.88 bits per heavy atom. The minimum atomic E-state index is -4.87.